The number of carbonyl (C=O) groups excluding carboxylic acids is 3. The number of imide groups is 1. The topological polar surface area (TPSA) is 122 Å². The summed E-state index contributed by atoms with van der Waals surface area (Å²) >= 11 is 0. The van der Waals surface area contributed by atoms with Crippen LogP contribution in [0.1, 0.15) is 75.6 Å². The van der Waals surface area contributed by atoms with Gasteiger partial charge < -0.3 is 16.4 Å². The molecule has 4 N–H and O–H groups in total. The predicted octanol–water partition coefficient (Wildman–Crippen LogP) is 5.81. The summed E-state index contributed by atoms with van der Waals surface area (Å²) in [5.41, 5.74) is 9.74. The van der Waals surface area contributed by atoms with Gasteiger partial charge in [-0.25, -0.2) is 4.68 Å². The van der Waals surface area contributed by atoms with Crippen molar-refractivity contribution < 1.29 is 14.4 Å². The summed E-state index contributed by atoms with van der Waals surface area (Å²) in [6.45, 7) is 15.6. The van der Waals surface area contributed by atoms with Crippen LogP contribution in [0.25, 0.3) is 27.8 Å². The Balaban J connectivity index is 0.00000162. The number of rotatable bonds is 9. The van der Waals surface area contributed by atoms with E-state index >= 15 is 0 Å². The van der Waals surface area contributed by atoms with Gasteiger partial charge in [0.15, 0.2) is 0 Å². The Kier molecular flexibility index (Phi) is 13.9. The van der Waals surface area contributed by atoms with Crippen molar-refractivity contribution in [2.45, 2.75) is 60.4 Å². The number of hydrogen-bond acceptors (Lipinski definition) is 6. The fourth-order valence-corrected chi connectivity index (χ4v) is 4.30. The molecule has 1 heterocycles. The van der Waals surface area contributed by atoms with Gasteiger partial charge in [-0.05, 0) is 76.2 Å². The van der Waals surface area contributed by atoms with Gasteiger partial charge in [0.25, 0.3) is 11.8 Å². The third-order valence-corrected chi connectivity index (χ3v) is 6.51. The SMILES string of the molecule is CC.CC.CN(C(=O)CN)C(=O)c1ccc(-n2nc(-c3ccc(C(=O)NCCCNC(C)(C)C)cc3)c3ccccc32)cc1. The van der Waals surface area contributed by atoms with Crippen LogP contribution in [0.15, 0.2) is 72.8 Å². The average molecular weight is 601 g/mol. The third-order valence-electron chi connectivity index (χ3n) is 6.51. The Morgan fingerprint density at radius 1 is 0.841 bits per heavy atom. The Bertz CT molecular complexity index is 1500. The van der Waals surface area contributed by atoms with Gasteiger partial charge in [-0.15, -0.1) is 0 Å². The van der Waals surface area contributed by atoms with E-state index in [1.165, 1.54) is 7.05 Å². The van der Waals surface area contributed by atoms with Crippen molar-refractivity contribution in [1.29, 1.82) is 0 Å². The zero-order chi connectivity index (χ0) is 32.9. The molecule has 236 valence electrons. The van der Waals surface area contributed by atoms with Gasteiger partial charge in [-0.2, -0.15) is 5.10 Å². The summed E-state index contributed by atoms with van der Waals surface area (Å²) in [6.07, 6.45) is 0.849. The van der Waals surface area contributed by atoms with E-state index < -0.39 is 11.8 Å². The molecular formula is C35H48N6O3. The van der Waals surface area contributed by atoms with Gasteiger partial charge >= 0.3 is 0 Å². The lowest BCUT2D eigenvalue weighted by molar-refractivity contribution is -0.126. The molecular weight excluding hydrogens is 552 g/mol. The maximum Gasteiger partial charge on any atom is 0.260 e. The first-order valence-corrected chi connectivity index (χ1v) is 15.3. The molecule has 0 fully saturated rings. The maximum absolute atomic E-state index is 12.6. The van der Waals surface area contributed by atoms with Crippen LogP contribution in [-0.2, 0) is 4.79 Å². The number of para-hydroxylation sites is 1. The highest BCUT2D eigenvalue weighted by molar-refractivity contribution is 6.05. The number of nitrogens with two attached hydrogens (primary N) is 1. The molecule has 0 unspecified atom stereocenters. The zero-order valence-electron chi connectivity index (χ0n) is 27.4. The fraction of sp³-hybridized carbons (Fsp3) is 0.371. The molecule has 0 aliphatic heterocycles. The maximum atomic E-state index is 12.6. The van der Waals surface area contributed by atoms with E-state index in [0.29, 0.717) is 17.7 Å². The lowest BCUT2D eigenvalue weighted by Gasteiger charge is -2.20. The van der Waals surface area contributed by atoms with Gasteiger partial charge in [0.2, 0.25) is 5.91 Å². The first kappa shape index (κ1) is 35.9. The Labute approximate surface area is 261 Å². The molecule has 0 aliphatic rings. The number of fused-ring (bicyclic) bond motifs is 1. The van der Waals surface area contributed by atoms with Crippen molar-refractivity contribution in [3.63, 3.8) is 0 Å². The highest BCUT2D eigenvalue weighted by Gasteiger charge is 2.18. The van der Waals surface area contributed by atoms with Crippen LogP contribution in [0.4, 0.5) is 0 Å². The van der Waals surface area contributed by atoms with Crippen LogP contribution in [-0.4, -0.2) is 64.6 Å². The molecule has 0 radical (unpaired) electrons. The van der Waals surface area contributed by atoms with Crippen molar-refractivity contribution in [1.82, 2.24) is 25.3 Å². The van der Waals surface area contributed by atoms with Crippen LogP contribution in [0, 0.1) is 0 Å². The van der Waals surface area contributed by atoms with E-state index in [9.17, 15) is 14.4 Å². The smallest absolute Gasteiger partial charge is 0.260 e. The Hall–Kier alpha value is -4.34. The van der Waals surface area contributed by atoms with Gasteiger partial charge in [0.05, 0.1) is 17.7 Å². The van der Waals surface area contributed by atoms with Gasteiger partial charge in [0.1, 0.15) is 5.69 Å². The Morgan fingerprint density at radius 2 is 1.43 bits per heavy atom. The minimum Gasteiger partial charge on any atom is -0.352 e. The first-order chi connectivity index (χ1) is 21.1. The molecule has 0 aliphatic carbocycles. The summed E-state index contributed by atoms with van der Waals surface area (Å²) in [4.78, 5) is 38.0. The monoisotopic (exact) mass is 600 g/mol. The number of nitrogens with zero attached hydrogens (tertiary/aromatic N) is 3. The molecule has 0 spiro atoms. The van der Waals surface area contributed by atoms with Crippen LogP contribution in [0.2, 0.25) is 0 Å². The van der Waals surface area contributed by atoms with Gasteiger partial charge in [-0.3, -0.25) is 19.3 Å². The normalized spacial score (nSPS) is 10.7. The van der Waals surface area contributed by atoms with E-state index in [1.807, 2.05) is 80.9 Å². The molecule has 4 aromatic rings. The van der Waals surface area contributed by atoms with E-state index in [2.05, 4.69) is 31.4 Å². The van der Waals surface area contributed by atoms with Crippen molar-refractivity contribution in [2.24, 2.45) is 5.73 Å². The van der Waals surface area contributed by atoms with E-state index in [-0.39, 0.29) is 18.0 Å². The minimum atomic E-state index is -0.450. The van der Waals surface area contributed by atoms with E-state index in [1.54, 1.807) is 24.3 Å². The number of aromatic nitrogens is 2. The van der Waals surface area contributed by atoms with Gasteiger partial charge in [0, 0.05) is 41.2 Å². The van der Waals surface area contributed by atoms with E-state index in [0.717, 1.165) is 45.7 Å². The molecule has 0 bridgehead atoms. The quantitative estimate of drug-likeness (QED) is 0.209. The number of nitrogens with one attached hydrogen (secondary N) is 2. The van der Waals surface area contributed by atoms with Crippen molar-refractivity contribution in [2.75, 3.05) is 26.7 Å². The van der Waals surface area contributed by atoms with Crippen LogP contribution in [0.3, 0.4) is 0 Å². The Morgan fingerprint density at radius 3 is 2.02 bits per heavy atom. The molecule has 9 heteroatoms. The third kappa shape index (κ3) is 9.33. The second-order valence-corrected chi connectivity index (χ2v) is 10.7. The standard InChI is InChI=1S/C31H36N6O3.2C2H6/c1-31(2,3)34-19-7-18-33-29(39)22-12-10-21(11-13-22)28-25-8-5-6-9-26(25)37(35-28)24-16-14-23(15-17-24)30(40)36(4)27(38)20-32;2*1-2/h5-6,8-17,34H,7,18-20,32H2,1-4H3,(H,33,39);2*1-2H3. The summed E-state index contributed by atoms with van der Waals surface area (Å²) < 4.78 is 1.82. The van der Waals surface area contributed by atoms with Crippen LogP contribution >= 0.6 is 0 Å². The fourth-order valence-electron chi connectivity index (χ4n) is 4.30. The van der Waals surface area contributed by atoms with Crippen molar-refractivity contribution in [3.05, 3.63) is 83.9 Å². The highest BCUT2D eigenvalue weighted by Crippen LogP contribution is 2.30. The predicted molar refractivity (Wildman–Crippen MR) is 180 cm³/mol. The van der Waals surface area contributed by atoms with Crippen LogP contribution in [0.5, 0.6) is 0 Å². The van der Waals surface area contributed by atoms with Crippen molar-refractivity contribution >= 4 is 28.6 Å². The molecule has 4 rings (SSSR count). The second kappa shape index (κ2) is 17.1. The number of hydrogen-bond donors (Lipinski definition) is 3. The van der Waals surface area contributed by atoms with Gasteiger partial charge in [-0.1, -0.05) is 58.0 Å². The largest absolute Gasteiger partial charge is 0.352 e. The summed E-state index contributed by atoms with van der Waals surface area (Å²) in [6, 6.07) is 22.2. The van der Waals surface area contributed by atoms with Crippen LogP contribution < -0.4 is 16.4 Å². The molecule has 9 nitrogen and oxygen atoms in total. The zero-order valence-corrected chi connectivity index (χ0v) is 27.4. The lowest BCUT2D eigenvalue weighted by atomic mass is 10.1. The molecule has 1 aromatic heterocycles. The number of benzene rings is 3. The van der Waals surface area contributed by atoms with E-state index in [4.69, 9.17) is 10.8 Å². The summed E-state index contributed by atoms with van der Waals surface area (Å²) in [5, 5.41) is 12.2. The summed E-state index contributed by atoms with van der Waals surface area (Å²) in [5.74, 6) is -0.974. The van der Waals surface area contributed by atoms with Crippen molar-refractivity contribution in [3.8, 4) is 16.9 Å². The molecule has 0 saturated heterocycles. The minimum absolute atomic E-state index is 0.0581. The molecule has 44 heavy (non-hydrogen) atoms. The number of amides is 3. The molecule has 3 aromatic carbocycles. The molecule has 0 saturated carbocycles. The second-order valence-electron chi connectivity index (χ2n) is 10.7. The highest BCUT2D eigenvalue weighted by atomic mass is 16.2. The molecule has 0 atom stereocenters. The summed E-state index contributed by atoms with van der Waals surface area (Å²) in [7, 11) is 1.42. The molecule has 3 amide bonds. The lowest BCUT2D eigenvalue weighted by Crippen LogP contribution is -2.37. The average Bonchev–Trinajstić information content (AvgIpc) is 3.44. The number of likely N-dealkylation sites (N-methyl/N-ethyl adjacent to an activating group) is 1. The first-order valence-electron chi connectivity index (χ1n) is 15.3. The number of carbonyl (C=O) groups is 3.